The van der Waals surface area contributed by atoms with Gasteiger partial charge in [0.05, 0.1) is 36.3 Å². The number of aromatic nitrogens is 3. The number of nitrogens with zero attached hydrogens (tertiary/aromatic N) is 8. The van der Waals surface area contributed by atoms with Gasteiger partial charge in [0.15, 0.2) is 0 Å². The second kappa shape index (κ2) is 12.5. The van der Waals surface area contributed by atoms with E-state index in [2.05, 4.69) is 46.6 Å². The minimum Gasteiger partial charge on any atom is -0.462 e. The molecule has 0 N–H and O–H groups in total. The van der Waals surface area contributed by atoms with Crippen molar-refractivity contribution in [2.75, 3.05) is 57.2 Å². The van der Waals surface area contributed by atoms with Crippen molar-refractivity contribution in [2.24, 2.45) is 0 Å². The summed E-state index contributed by atoms with van der Waals surface area (Å²) in [4.78, 5) is 35.0. The number of carbonyl (C=O) groups excluding carboxylic acids is 1. The van der Waals surface area contributed by atoms with Gasteiger partial charge in [0.1, 0.15) is 12.4 Å². The zero-order valence-electron chi connectivity index (χ0n) is 24.2. The molecule has 1 amide bonds. The summed E-state index contributed by atoms with van der Waals surface area (Å²) in [6.45, 7) is 7.06. The van der Waals surface area contributed by atoms with Gasteiger partial charge in [0.25, 0.3) is 0 Å². The number of fused-ring (bicyclic) bond motifs is 2. The van der Waals surface area contributed by atoms with Gasteiger partial charge in [-0.05, 0) is 51.1 Å². The summed E-state index contributed by atoms with van der Waals surface area (Å²) in [7, 11) is 5.79. The number of likely N-dealkylation sites (tertiary alicyclic amines) is 1. The molecule has 214 valence electrons. The van der Waals surface area contributed by atoms with Crippen molar-refractivity contribution < 1.29 is 9.53 Å². The molecule has 3 aromatic rings. The number of para-hydroxylation sites is 1. The lowest BCUT2D eigenvalue weighted by Crippen LogP contribution is -2.44. The zero-order chi connectivity index (χ0) is 28.9. The maximum Gasteiger partial charge on any atom is 0.318 e. The highest BCUT2D eigenvalue weighted by atomic mass is 16.5. The van der Waals surface area contributed by atoms with Gasteiger partial charge in [-0.3, -0.25) is 9.78 Å². The van der Waals surface area contributed by atoms with E-state index in [0.29, 0.717) is 31.7 Å². The molecule has 2 atom stereocenters. The lowest BCUT2D eigenvalue weighted by atomic mass is 10.0. The van der Waals surface area contributed by atoms with E-state index in [9.17, 15) is 10.1 Å². The summed E-state index contributed by atoms with van der Waals surface area (Å²) in [6.07, 6.45) is 6.34. The molecular weight excluding hydrogens is 516 g/mol. The average molecular weight is 555 g/mol. The molecule has 10 nitrogen and oxygen atoms in total. The third-order valence-corrected chi connectivity index (χ3v) is 8.31. The van der Waals surface area contributed by atoms with Crippen LogP contribution in [0.1, 0.15) is 30.5 Å². The highest BCUT2D eigenvalue weighted by Gasteiger charge is 2.29. The molecule has 10 heteroatoms. The summed E-state index contributed by atoms with van der Waals surface area (Å²) in [5.41, 5.74) is 4.09. The van der Waals surface area contributed by atoms with Crippen LogP contribution in [0.5, 0.6) is 6.01 Å². The summed E-state index contributed by atoms with van der Waals surface area (Å²) < 4.78 is 6.23. The lowest BCUT2D eigenvalue weighted by Gasteiger charge is -2.35. The van der Waals surface area contributed by atoms with Crippen LogP contribution in [-0.4, -0.2) is 90.1 Å². The van der Waals surface area contributed by atoms with Crippen LogP contribution in [0.25, 0.3) is 10.9 Å². The van der Waals surface area contributed by atoms with Gasteiger partial charge in [0.2, 0.25) is 5.91 Å². The molecule has 1 unspecified atom stereocenters. The number of hydrogen-bond donors (Lipinski definition) is 0. The van der Waals surface area contributed by atoms with E-state index in [1.54, 1.807) is 11.9 Å². The average Bonchev–Trinajstić information content (AvgIpc) is 3.42. The second-order valence-corrected chi connectivity index (χ2v) is 10.9. The fourth-order valence-electron chi connectivity index (χ4n) is 5.85. The van der Waals surface area contributed by atoms with Gasteiger partial charge in [-0.15, -0.1) is 0 Å². The van der Waals surface area contributed by atoms with Crippen molar-refractivity contribution in [3.05, 3.63) is 60.4 Å². The first-order valence-electron chi connectivity index (χ1n) is 14.2. The van der Waals surface area contributed by atoms with Crippen LogP contribution < -0.4 is 14.5 Å². The van der Waals surface area contributed by atoms with E-state index in [4.69, 9.17) is 14.7 Å². The summed E-state index contributed by atoms with van der Waals surface area (Å²) in [6, 6.07) is 12.9. The Bertz CT molecular complexity index is 1450. The van der Waals surface area contributed by atoms with Crippen LogP contribution >= 0.6 is 0 Å². The van der Waals surface area contributed by atoms with Gasteiger partial charge >= 0.3 is 6.01 Å². The smallest absolute Gasteiger partial charge is 0.318 e. The second-order valence-electron chi connectivity index (χ2n) is 10.9. The zero-order valence-corrected chi connectivity index (χ0v) is 24.2. The molecule has 0 aliphatic carbocycles. The monoisotopic (exact) mass is 554 g/mol. The summed E-state index contributed by atoms with van der Waals surface area (Å²) in [5, 5.41) is 10.6. The SMILES string of the molecule is C=CC(=O)N(C)C(CC#N)CN(C)c1nc(OC[C@@H]2CCCN2C)nc2c1CCN(c1ccnc3ccccc13)C2. The van der Waals surface area contributed by atoms with E-state index in [-0.39, 0.29) is 18.4 Å². The molecule has 0 saturated carbocycles. The van der Waals surface area contributed by atoms with E-state index in [1.807, 2.05) is 36.3 Å². The Morgan fingerprint density at radius 1 is 1.27 bits per heavy atom. The summed E-state index contributed by atoms with van der Waals surface area (Å²) in [5.74, 6) is 0.569. The fraction of sp³-hybridized carbons (Fsp3) is 0.452. The number of ether oxygens (including phenoxy) is 1. The van der Waals surface area contributed by atoms with Crippen molar-refractivity contribution in [2.45, 2.75) is 44.3 Å². The van der Waals surface area contributed by atoms with Crippen LogP contribution in [-0.2, 0) is 17.8 Å². The predicted octanol–water partition coefficient (Wildman–Crippen LogP) is 3.42. The van der Waals surface area contributed by atoms with Gasteiger partial charge in [-0.25, -0.2) is 0 Å². The molecule has 2 aliphatic rings. The topological polar surface area (TPSA) is 102 Å². The molecule has 2 aromatic heterocycles. The number of rotatable bonds is 10. The first-order valence-corrected chi connectivity index (χ1v) is 14.2. The van der Waals surface area contributed by atoms with Crippen LogP contribution in [0.2, 0.25) is 0 Å². The number of carbonyl (C=O) groups is 1. The maximum atomic E-state index is 12.4. The minimum atomic E-state index is -0.319. The molecule has 41 heavy (non-hydrogen) atoms. The van der Waals surface area contributed by atoms with Gasteiger partial charge < -0.3 is 24.3 Å². The van der Waals surface area contributed by atoms with Crippen molar-refractivity contribution in [1.82, 2.24) is 24.8 Å². The van der Waals surface area contributed by atoms with Gasteiger partial charge in [-0.2, -0.15) is 15.2 Å². The highest BCUT2D eigenvalue weighted by Crippen LogP contribution is 2.33. The molecule has 0 spiro atoms. The van der Waals surface area contributed by atoms with Crippen molar-refractivity contribution in [3.8, 4) is 12.1 Å². The largest absolute Gasteiger partial charge is 0.462 e. The maximum absolute atomic E-state index is 12.4. The molecule has 0 bridgehead atoms. The van der Waals surface area contributed by atoms with E-state index in [1.165, 1.54) is 6.08 Å². The Balaban J connectivity index is 1.46. The van der Waals surface area contributed by atoms with Gasteiger partial charge in [-0.1, -0.05) is 24.8 Å². The normalized spacial score (nSPS) is 17.5. The van der Waals surface area contributed by atoms with Gasteiger partial charge in [0, 0.05) is 56.1 Å². The summed E-state index contributed by atoms with van der Waals surface area (Å²) >= 11 is 0. The Morgan fingerprint density at radius 2 is 2.10 bits per heavy atom. The Hall–Kier alpha value is -4.23. The number of hydrogen-bond acceptors (Lipinski definition) is 9. The molecule has 5 rings (SSSR count). The number of nitriles is 1. The Kier molecular flexibility index (Phi) is 8.64. The van der Waals surface area contributed by atoms with E-state index >= 15 is 0 Å². The Labute approximate surface area is 241 Å². The minimum absolute atomic E-state index is 0.202. The van der Waals surface area contributed by atoms with Crippen LogP contribution in [0.3, 0.4) is 0 Å². The molecule has 2 aliphatic heterocycles. The molecule has 0 radical (unpaired) electrons. The van der Waals surface area contributed by atoms with Crippen LogP contribution in [0.15, 0.2) is 49.2 Å². The first kappa shape index (κ1) is 28.3. The number of benzene rings is 1. The van der Waals surface area contributed by atoms with Crippen molar-refractivity contribution in [1.29, 1.82) is 5.26 Å². The molecular formula is C31H38N8O2. The van der Waals surface area contributed by atoms with E-state index in [0.717, 1.165) is 66.0 Å². The predicted molar refractivity (Wildman–Crippen MR) is 160 cm³/mol. The number of likely N-dealkylation sites (N-methyl/N-ethyl adjacent to an activating group) is 3. The molecule has 1 aromatic carbocycles. The van der Waals surface area contributed by atoms with Crippen LogP contribution in [0, 0.1) is 11.3 Å². The standard InChI is InChI=1S/C31H38N8O2/c1-5-29(40)38(4)22(12-15-32)19-37(3)30-25-14-18-39(28-13-16-33-26-11-7-6-10-24(26)28)20-27(25)34-31(35-30)41-21-23-9-8-17-36(23)2/h5-7,10-11,13,16,22-23H,1,8-9,12,14,17-21H2,2-4H3/t22?,23-/m0/s1. The number of amides is 1. The first-order chi connectivity index (χ1) is 19.9. The lowest BCUT2D eigenvalue weighted by molar-refractivity contribution is -0.126. The molecule has 1 saturated heterocycles. The number of pyridine rings is 1. The van der Waals surface area contributed by atoms with Crippen LogP contribution in [0.4, 0.5) is 11.5 Å². The highest BCUT2D eigenvalue weighted by molar-refractivity contribution is 5.91. The molecule has 4 heterocycles. The third kappa shape index (κ3) is 6.10. The quantitative estimate of drug-likeness (QED) is 0.349. The number of anilines is 2. The fourth-order valence-corrected chi connectivity index (χ4v) is 5.85. The van der Waals surface area contributed by atoms with E-state index < -0.39 is 0 Å². The third-order valence-electron chi connectivity index (χ3n) is 8.31. The van der Waals surface area contributed by atoms with Crippen molar-refractivity contribution >= 4 is 28.3 Å². The Morgan fingerprint density at radius 3 is 2.85 bits per heavy atom. The molecule has 1 fully saturated rings. The van der Waals surface area contributed by atoms with Crippen molar-refractivity contribution in [3.63, 3.8) is 0 Å².